The Bertz CT molecular complexity index is 1700. The van der Waals surface area contributed by atoms with E-state index >= 15 is 0 Å². The van der Waals surface area contributed by atoms with Gasteiger partial charge in [-0.05, 0) is 72.8 Å². The highest BCUT2D eigenvalue weighted by Gasteiger charge is 2.34. The zero-order valence-corrected chi connectivity index (χ0v) is 24.9. The molecule has 0 bridgehead atoms. The van der Waals surface area contributed by atoms with Gasteiger partial charge in [0.15, 0.2) is 0 Å². The largest absolute Gasteiger partial charge is 0.497 e. The van der Waals surface area contributed by atoms with E-state index in [1.54, 1.807) is 84.9 Å². The van der Waals surface area contributed by atoms with E-state index in [9.17, 15) is 19.2 Å². The second-order valence-electron chi connectivity index (χ2n) is 9.62. The van der Waals surface area contributed by atoms with Crippen LogP contribution in [0.2, 0.25) is 0 Å². The van der Waals surface area contributed by atoms with Crippen molar-refractivity contribution in [1.82, 2.24) is 10.2 Å². The summed E-state index contributed by atoms with van der Waals surface area (Å²) in [5.41, 5.74) is 2.31. The third-order valence-electron chi connectivity index (χ3n) is 6.84. The summed E-state index contributed by atoms with van der Waals surface area (Å²) in [5, 5.41) is 5.55. The van der Waals surface area contributed by atoms with E-state index in [1.165, 1.54) is 37.0 Å². The monoisotopic (exact) mass is 607 g/mol. The van der Waals surface area contributed by atoms with Gasteiger partial charge in [0.05, 0.1) is 25.3 Å². The minimum Gasteiger partial charge on any atom is -0.497 e. The van der Waals surface area contributed by atoms with Crippen LogP contribution in [0.1, 0.15) is 36.6 Å². The fourth-order valence-corrected chi connectivity index (χ4v) is 5.42. The maximum atomic E-state index is 13.5. The number of nitrogens with one attached hydrogen (secondary N) is 2. The number of anilines is 1. The molecule has 44 heavy (non-hydrogen) atoms. The van der Waals surface area contributed by atoms with Gasteiger partial charge in [0.25, 0.3) is 23.6 Å². The summed E-state index contributed by atoms with van der Waals surface area (Å²) in [5.74, 6) is 0.0228. The molecule has 4 aromatic carbocycles. The van der Waals surface area contributed by atoms with Gasteiger partial charge < -0.3 is 20.1 Å². The molecule has 222 valence electrons. The third kappa shape index (κ3) is 6.82. The normalized spacial score (nSPS) is 12.5. The number of hydrogen-bond donors (Lipinski definition) is 2. The average molecular weight is 608 g/mol. The second-order valence-corrected chi connectivity index (χ2v) is 10.8. The SMILES string of the molecule is COc1ccc(OC)c(/C=C(\NC(=O)c2ccccc2)C(=O)Nc2ccc(SCCN3C(=O)c4ccccc4C3=O)cc2)c1. The summed E-state index contributed by atoms with van der Waals surface area (Å²) in [6.07, 6.45) is 1.53. The van der Waals surface area contributed by atoms with Gasteiger partial charge >= 0.3 is 0 Å². The first kappa shape index (κ1) is 30.1. The number of hydrogen-bond acceptors (Lipinski definition) is 7. The van der Waals surface area contributed by atoms with Gasteiger partial charge in [-0.2, -0.15) is 0 Å². The van der Waals surface area contributed by atoms with E-state index in [4.69, 9.17) is 9.47 Å². The Balaban J connectivity index is 1.27. The predicted molar refractivity (Wildman–Crippen MR) is 169 cm³/mol. The fourth-order valence-electron chi connectivity index (χ4n) is 4.58. The minimum atomic E-state index is -0.537. The molecule has 0 saturated carbocycles. The first-order valence-electron chi connectivity index (χ1n) is 13.7. The minimum absolute atomic E-state index is 0.00445. The van der Waals surface area contributed by atoms with E-state index in [-0.39, 0.29) is 24.1 Å². The average Bonchev–Trinajstić information content (AvgIpc) is 3.30. The van der Waals surface area contributed by atoms with Crippen molar-refractivity contribution in [3.05, 3.63) is 125 Å². The zero-order chi connectivity index (χ0) is 31.1. The summed E-state index contributed by atoms with van der Waals surface area (Å²) in [6.45, 7) is 0.276. The molecular weight excluding hydrogens is 578 g/mol. The predicted octanol–water partition coefficient (Wildman–Crippen LogP) is 5.50. The number of fused-ring (bicyclic) bond motifs is 1. The second kappa shape index (κ2) is 13.7. The molecule has 4 amide bonds. The fraction of sp³-hybridized carbons (Fsp3) is 0.118. The number of methoxy groups -OCH3 is 2. The van der Waals surface area contributed by atoms with E-state index in [0.29, 0.717) is 45.2 Å². The molecule has 10 heteroatoms. The van der Waals surface area contributed by atoms with E-state index in [1.807, 2.05) is 12.1 Å². The van der Waals surface area contributed by atoms with Crippen molar-refractivity contribution < 1.29 is 28.7 Å². The van der Waals surface area contributed by atoms with Crippen molar-refractivity contribution in [1.29, 1.82) is 0 Å². The topological polar surface area (TPSA) is 114 Å². The Morgan fingerprint density at radius 1 is 0.818 bits per heavy atom. The van der Waals surface area contributed by atoms with Gasteiger partial charge in [-0.1, -0.05) is 30.3 Å². The molecule has 0 radical (unpaired) electrons. The number of rotatable bonds is 11. The van der Waals surface area contributed by atoms with Gasteiger partial charge in [0, 0.05) is 34.0 Å². The van der Waals surface area contributed by atoms with Crippen molar-refractivity contribution >= 4 is 47.2 Å². The van der Waals surface area contributed by atoms with Gasteiger partial charge in [-0.15, -0.1) is 11.8 Å². The number of imide groups is 1. The van der Waals surface area contributed by atoms with Crippen molar-refractivity contribution in [3.63, 3.8) is 0 Å². The maximum absolute atomic E-state index is 13.5. The molecule has 0 unspecified atom stereocenters. The number of amides is 4. The Morgan fingerprint density at radius 2 is 1.48 bits per heavy atom. The molecule has 9 nitrogen and oxygen atoms in total. The molecule has 1 aliphatic rings. The molecule has 0 saturated heterocycles. The number of carbonyl (C=O) groups is 4. The highest BCUT2D eigenvalue weighted by atomic mass is 32.2. The van der Waals surface area contributed by atoms with Crippen LogP contribution in [-0.2, 0) is 4.79 Å². The summed E-state index contributed by atoms with van der Waals surface area (Å²) < 4.78 is 10.8. The quantitative estimate of drug-likeness (QED) is 0.131. The lowest BCUT2D eigenvalue weighted by Crippen LogP contribution is -2.31. The molecule has 1 heterocycles. The van der Waals surface area contributed by atoms with Gasteiger partial charge in [-0.3, -0.25) is 24.1 Å². The summed E-state index contributed by atoms with van der Waals surface area (Å²) in [4.78, 5) is 53.8. The van der Waals surface area contributed by atoms with Crippen LogP contribution >= 0.6 is 11.8 Å². The van der Waals surface area contributed by atoms with Crippen LogP contribution in [0.3, 0.4) is 0 Å². The number of ether oxygens (including phenoxy) is 2. The van der Waals surface area contributed by atoms with Crippen molar-refractivity contribution in [2.45, 2.75) is 4.90 Å². The van der Waals surface area contributed by atoms with E-state index < -0.39 is 11.8 Å². The van der Waals surface area contributed by atoms with Gasteiger partial charge in [-0.25, -0.2) is 0 Å². The molecule has 4 aromatic rings. The molecule has 0 aliphatic carbocycles. The molecule has 0 aromatic heterocycles. The standard InChI is InChI=1S/C34H29N3O6S/c1-42-25-14-17-30(43-2)23(20-25)21-29(36-31(38)22-8-4-3-5-9-22)32(39)35-24-12-15-26(16-13-24)44-19-18-37-33(40)27-10-6-7-11-28(27)34(37)41/h3-17,20-21H,18-19H2,1-2H3,(H,35,39)(H,36,38)/b29-21-. The molecule has 0 spiro atoms. The van der Waals surface area contributed by atoms with Crippen LogP contribution in [0, 0.1) is 0 Å². The number of benzene rings is 4. The molecule has 5 rings (SSSR count). The van der Waals surface area contributed by atoms with Crippen LogP contribution in [-0.4, -0.2) is 55.0 Å². The molecule has 2 N–H and O–H groups in total. The maximum Gasteiger partial charge on any atom is 0.272 e. The molecular formula is C34H29N3O6S. The first-order valence-corrected chi connectivity index (χ1v) is 14.7. The molecule has 1 aliphatic heterocycles. The van der Waals surface area contributed by atoms with Crippen LogP contribution in [0.4, 0.5) is 5.69 Å². The Kier molecular flexibility index (Phi) is 9.41. The number of nitrogens with zero attached hydrogens (tertiary/aromatic N) is 1. The number of carbonyl (C=O) groups excluding carboxylic acids is 4. The Hall–Kier alpha value is -5.35. The van der Waals surface area contributed by atoms with Crippen molar-refractivity contribution in [2.75, 3.05) is 31.8 Å². The lowest BCUT2D eigenvalue weighted by Gasteiger charge is -2.14. The van der Waals surface area contributed by atoms with Crippen molar-refractivity contribution in [3.8, 4) is 11.5 Å². The van der Waals surface area contributed by atoms with E-state index in [0.717, 1.165) is 4.90 Å². The third-order valence-corrected chi connectivity index (χ3v) is 7.83. The van der Waals surface area contributed by atoms with Crippen LogP contribution in [0.5, 0.6) is 11.5 Å². The Labute approximate surface area is 258 Å². The van der Waals surface area contributed by atoms with Crippen LogP contribution < -0.4 is 20.1 Å². The van der Waals surface area contributed by atoms with Gasteiger partial charge in [0.2, 0.25) is 0 Å². The smallest absolute Gasteiger partial charge is 0.272 e. The molecule has 0 fully saturated rings. The van der Waals surface area contributed by atoms with Crippen LogP contribution in [0.25, 0.3) is 6.08 Å². The lowest BCUT2D eigenvalue weighted by atomic mass is 10.1. The summed E-state index contributed by atoms with van der Waals surface area (Å²) >= 11 is 1.49. The van der Waals surface area contributed by atoms with Crippen LogP contribution in [0.15, 0.2) is 108 Å². The van der Waals surface area contributed by atoms with Crippen molar-refractivity contribution in [2.24, 2.45) is 0 Å². The zero-order valence-electron chi connectivity index (χ0n) is 24.0. The lowest BCUT2D eigenvalue weighted by molar-refractivity contribution is -0.113. The summed E-state index contributed by atoms with van der Waals surface area (Å²) in [6, 6.07) is 27.7. The Morgan fingerprint density at radius 3 is 2.11 bits per heavy atom. The molecule has 0 atom stereocenters. The van der Waals surface area contributed by atoms with Gasteiger partial charge in [0.1, 0.15) is 17.2 Å². The summed E-state index contributed by atoms with van der Waals surface area (Å²) in [7, 11) is 3.05. The van der Waals surface area contributed by atoms with E-state index in [2.05, 4.69) is 10.6 Å². The highest BCUT2D eigenvalue weighted by molar-refractivity contribution is 7.99. The first-order chi connectivity index (χ1) is 21.4. The number of thioether (sulfide) groups is 1. The highest BCUT2D eigenvalue weighted by Crippen LogP contribution is 2.27.